The van der Waals surface area contributed by atoms with Crippen LogP contribution in [0, 0.1) is 0 Å². The van der Waals surface area contributed by atoms with E-state index in [9.17, 15) is 19.0 Å². The summed E-state index contributed by atoms with van der Waals surface area (Å²) >= 11 is 0. The lowest BCUT2D eigenvalue weighted by atomic mass is 10.1. The van der Waals surface area contributed by atoms with E-state index in [-0.39, 0.29) is 32.6 Å². The third-order valence-electron chi connectivity index (χ3n) is 9.53. The van der Waals surface area contributed by atoms with Crippen molar-refractivity contribution >= 4 is 19.8 Å². The van der Waals surface area contributed by atoms with E-state index in [0.717, 1.165) is 128 Å². The molecule has 0 saturated carbocycles. The molecule has 366 valence electrons. The van der Waals surface area contributed by atoms with Crippen LogP contribution in [-0.2, 0) is 32.7 Å². The molecule has 0 fully saturated rings. The van der Waals surface area contributed by atoms with Gasteiger partial charge in [-0.05, 0) is 109 Å². The first-order valence-corrected chi connectivity index (χ1v) is 26.2. The Balaban J connectivity index is 4.22. The van der Waals surface area contributed by atoms with Gasteiger partial charge in [-0.15, -0.1) is 0 Å². The first-order chi connectivity index (χ1) is 31.8. The average molecular weight is 922 g/mol. The van der Waals surface area contributed by atoms with Gasteiger partial charge < -0.3 is 20.1 Å². The number of rotatable bonds is 44. The zero-order valence-corrected chi connectivity index (χ0v) is 41.3. The Morgan fingerprint density at radius 1 is 0.462 bits per heavy atom. The molecule has 2 unspecified atom stereocenters. The Morgan fingerprint density at radius 3 is 1.18 bits per heavy atom. The fourth-order valence-electron chi connectivity index (χ4n) is 5.96. The lowest BCUT2D eigenvalue weighted by Gasteiger charge is -2.19. The SMILES string of the molecule is CC/C=C\C/C=C\C/C=C\C/C=C\C/C=C\C/C=C\CCCCCCC(=O)OC(COC(=O)CCCCCCC/C=C\C/C=C\C/C=C\C/C=C\C/C=C\CC)COP(=O)(O)OCCN. The number of phosphoric acid groups is 1. The normalized spacial score (nSPS) is 14.3. The Labute approximate surface area is 395 Å². The van der Waals surface area contributed by atoms with Crippen molar-refractivity contribution < 1.29 is 37.6 Å². The average Bonchev–Trinajstić information content (AvgIpc) is 3.30. The summed E-state index contributed by atoms with van der Waals surface area (Å²) in [5, 5.41) is 0. The summed E-state index contributed by atoms with van der Waals surface area (Å²) in [6, 6.07) is 0. The van der Waals surface area contributed by atoms with Crippen LogP contribution in [0.3, 0.4) is 0 Å². The maximum atomic E-state index is 12.6. The Morgan fingerprint density at radius 2 is 0.800 bits per heavy atom. The first-order valence-electron chi connectivity index (χ1n) is 24.7. The fraction of sp³-hybridized carbons (Fsp3) is 0.564. The van der Waals surface area contributed by atoms with Gasteiger partial charge in [-0.2, -0.15) is 0 Å². The molecule has 9 nitrogen and oxygen atoms in total. The van der Waals surface area contributed by atoms with Gasteiger partial charge >= 0.3 is 19.8 Å². The summed E-state index contributed by atoms with van der Waals surface area (Å²) < 4.78 is 32.9. The van der Waals surface area contributed by atoms with Gasteiger partial charge in [0.05, 0.1) is 13.2 Å². The highest BCUT2D eigenvalue weighted by atomic mass is 31.2. The monoisotopic (exact) mass is 922 g/mol. The van der Waals surface area contributed by atoms with Gasteiger partial charge in [0.1, 0.15) is 6.61 Å². The molecule has 0 saturated heterocycles. The molecule has 2 atom stereocenters. The number of carbonyl (C=O) groups excluding carboxylic acids is 2. The summed E-state index contributed by atoms with van der Waals surface area (Å²) in [5.74, 6) is -0.893. The van der Waals surface area contributed by atoms with Crippen LogP contribution in [0.1, 0.15) is 168 Å². The number of esters is 2. The summed E-state index contributed by atoms with van der Waals surface area (Å²) in [4.78, 5) is 35.0. The van der Waals surface area contributed by atoms with E-state index in [2.05, 4.69) is 148 Å². The quantitative estimate of drug-likeness (QED) is 0.0265. The largest absolute Gasteiger partial charge is 0.472 e. The molecule has 0 aromatic rings. The maximum Gasteiger partial charge on any atom is 0.472 e. The van der Waals surface area contributed by atoms with Crippen LogP contribution in [0.5, 0.6) is 0 Å². The highest BCUT2D eigenvalue weighted by molar-refractivity contribution is 7.47. The second kappa shape index (κ2) is 49.6. The minimum absolute atomic E-state index is 0.0373. The predicted molar refractivity (Wildman–Crippen MR) is 274 cm³/mol. The van der Waals surface area contributed by atoms with Crippen LogP contribution in [0.2, 0.25) is 0 Å². The summed E-state index contributed by atoms with van der Waals surface area (Å²) in [5.41, 5.74) is 5.36. The van der Waals surface area contributed by atoms with Crippen LogP contribution < -0.4 is 5.73 Å². The number of unbranched alkanes of at least 4 members (excludes halogenated alkanes) is 9. The van der Waals surface area contributed by atoms with E-state index in [4.69, 9.17) is 24.3 Å². The van der Waals surface area contributed by atoms with Crippen LogP contribution in [0.25, 0.3) is 0 Å². The Hall–Kier alpha value is -3.85. The smallest absolute Gasteiger partial charge is 0.462 e. The third kappa shape index (κ3) is 49.4. The molecule has 10 heteroatoms. The van der Waals surface area contributed by atoms with Gasteiger partial charge in [0.25, 0.3) is 0 Å². The molecule has 0 aliphatic rings. The zero-order valence-electron chi connectivity index (χ0n) is 40.4. The van der Waals surface area contributed by atoms with E-state index in [1.807, 2.05) is 0 Å². The summed E-state index contributed by atoms with van der Waals surface area (Å²) in [7, 11) is -4.41. The number of nitrogens with two attached hydrogens (primary N) is 1. The highest BCUT2D eigenvalue weighted by Gasteiger charge is 2.26. The molecule has 0 radical (unpaired) electrons. The maximum absolute atomic E-state index is 12.6. The second-order valence-corrected chi connectivity index (χ2v) is 17.0. The molecule has 0 aromatic carbocycles. The summed E-state index contributed by atoms with van der Waals surface area (Å²) in [6.07, 6.45) is 69.1. The van der Waals surface area contributed by atoms with Crippen molar-refractivity contribution in [2.24, 2.45) is 5.73 Å². The van der Waals surface area contributed by atoms with Gasteiger partial charge in [0, 0.05) is 19.4 Å². The van der Waals surface area contributed by atoms with Crippen molar-refractivity contribution in [3.8, 4) is 0 Å². The Bertz CT molecular complexity index is 1520. The van der Waals surface area contributed by atoms with Crippen molar-refractivity contribution in [2.45, 2.75) is 174 Å². The van der Waals surface area contributed by atoms with Crippen LogP contribution in [-0.4, -0.2) is 49.3 Å². The number of hydrogen-bond donors (Lipinski definition) is 2. The minimum atomic E-state index is -4.41. The van der Waals surface area contributed by atoms with Crippen molar-refractivity contribution in [2.75, 3.05) is 26.4 Å². The number of ether oxygens (including phenoxy) is 2. The topological polar surface area (TPSA) is 134 Å². The lowest BCUT2D eigenvalue weighted by molar-refractivity contribution is -0.161. The minimum Gasteiger partial charge on any atom is -0.462 e. The van der Waals surface area contributed by atoms with Crippen molar-refractivity contribution in [3.63, 3.8) is 0 Å². The number of allylic oxidation sites excluding steroid dienone is 22. The molecule has 0 spiro atoms. The molecule has 0 amide bonds. The predicted octanol–water partition coefficient (Wildman–Crippen LogP) is 15.1. The lowest BCUT2D eigenvalue weighted by Crippen LogP contribution is -2.29. The van der Waals surface area contributed by atoms with Crippen molar-refractivity contribution in [1.82, 2.24) is 0 Å². The summed E-state index contributed by atoms with van der Waals surface area (Å²) in [6.45, 7) is 3.43. The molecular weight excluding hydrogens is 834 g/mol. The van der Waals surface area contributed by atoms with Crippen LogP contribution in [0.4, 0.5) is 0 Å². The molecule has 0 heterocycles. The van der Waals surface area contributed by atoms with Gasteiger partial charge in [-0.3, -0.25) is 18.6 Å². The van der Waals surface area contributed by atoms with E-state index in [0.29, 0.717) is 12.8 Å². The third-order valence-corrected chi connectivity index (χ3v) is 10.5. The number of phosphoric ester groups is 1. The fourth-order valence-corrected chi connectivity index (χ4v) is 6.72. The molecule has 3 N–H and O–H groups in total. The number of carbonyl (C=O) groups is 2. The van der Waals surface area contributed by atoms with E-state index in [1.54, 1.807) is 0 Å². The van der Waals surface area contributed by atoms with Gasteiger partial charge in [-0.1, -0.05) is 180 Å². The molecule has 0 rings (SSSR count). The Kier molecular flexibility index (Phi) is 46.6. The first kappa shape index (κ1) is 61.1. The molecule has 0 bridgehead atoms. The van der Waals surface area contributed by atoms with Gasteiger partial charge in [0.2, 0.25) is 0 Å². The molecule has 0 aliphatic carbocycles. The molecule has 0 aliphatic heterocycles. The van der Waals surface area contributed by atoms with Gasteiger partial charge in [-0.25, -0.2) is 4.57 Å². The van der Waals surface area contributed by atoms with E-state index < -0.39 is 32.5 Å². The van der Waals surface area contributed by atoms with E-state index in [1.165, 1.54) is 0 Å². The van der Waals surface area contributed by atoms with Crippen molar-refractivity contribution in [1.29, 1.82) is 0 Å². The molecule has 65 heavy (non-hydrogen) atoms. The zero-order chi connectivity index (χ0) is 47.4. The highest BCUT2D eigenvalue weighted by Crippen LogP contribution is 2.43. The van der Waals surface area contributed by atoms with Crippen molar-refractivity contribution in [3.05, 3.63) is 134 Å². The standard InChI is InChI=1S/C55H88NO8P/c1-3-5-7-9-11-13-15-17-19-21-23-25-26-28-30-32-34-36-38-40-42-44-46-48-55(58)64-53(52-63-65(59,60)62-50-49-56)51-61-54(57)47-45-43-41-39-37-35-33-31-29-27-24-22-20-18-16-14-12-10-8-6-4-2/h5-8,11-14,17-20,23-25,27-28,30-31,33-34,36,53H,3-4,9-10,15-16,21-22,26,29,32,35,37-52,56H2,1-2H3,(H,59,60)/b7-5-,8-6-,13-11-,14-12-,19-17-,20-18-,25-23-,27-24-,30-28-,33-31-,36-34-. The second-order valence-electron chi connectivity index (χ2n) is 15.6. The van der Waals surface area contributed by atoms with E-state index >= 15 is 0 Å². The van der Waals surface area contributed by atoms with Crippen LogP contribution in [0.15, 0.2) is 134 Å². The number of hydrogen-bond acceptors (Lipinski definition) is 8. The molecule has 0 aromatic heterocycles. The molecular formula is C55H88NO8P. The van der Waals surface area contributed by atoms with Crippen LogP contribution >= 0.6 is 7.82 Å². The van der Waals surface area contributed by atoms with Gasteiger partial charge in [0.15, 0.2) is 6.10 Å².